The Bertz CT molecular complexity index is 1620. The molecule has 0 saturated heterocycles. The van der Waals surface area contributed by atoms with Crippen LogP contribution in [0.5, 0.6) is 0 Å². The second-order valence-corrected chi connectivity index (χ2v) is 20.1. The third-order valence-electron chi connectivity index (χ3n) is 8.62. The van der Waals surface area contributed by atoms with E-state index in [1.165, 1.54) is 106 Å². The number of hydrogen-bond acceptors (Lipinski definition) is 0. The van der Waals surface area contributed by atoms with E-state index in [2.05, 4.69) is 149 Å². The largest absolute Gasteiger partial charge is 1.00 e. The van der Waals surface area contributed by atoms with Gasteiger partial charge >= 0.3 is 106 Å². The van der Waals surface area contributed by atoms with E-state index < -0.39 is 0 Å². The summed E-state index contributed by atoms with van der Waals surface area (Å²) in [5, 5.41) is 5.37. The van der Waals surface area contributed by atoms with Gasteiger partial charge in [0.1, 0.15) is 0 Å². The number of unbranched alkanes of at least 4 members (excludes halogenated alkanes) is 6. The van der Waals surface area contributed by atoms with Gasteiger partial charge in [0.15, 0.2) is 0 Å². The molecule has 0 aliphatic rings. The molecular weight excluding hydrogens is 719 g/mol. The van der Waals surface area contributed by atoms with Gasteiger partial charge in [-0.25, -0.2) is 0 Å². The molecule has 4 heteroatoms. The summed E-state index contributed by atoms with van der Waals surface area (Å²) < 4.78 is 0. The molecule has 0 saturated carbocycles. The number of aryl methyl sites for hydroxylation is 2. The van der Waals surface area contributed by atoms with E-state index in [-0.39, 0.29) is 30.2 Å². The van der Waals surface area contributed by atoms with E-state index in [4.69, 9.17) is 0 Å². The molecule has 0 amide bonds. The molecule has 0 unspecified atom stereocenters. The minimum atomic E-state index is 0. The number of halogens is 2. The molecular formula is C44H52Cl2SiZr-2. The predicted octanol–water partition coefficient (Wildman–Crippen LogP) is 7.76. The van der Waals surface area contributed by atoms with Crippen molar-refractivity contribution >= 4 is 27.0 Å². The smallest absolute Gasteiger partial charge is 0.0279 e. The molecule has 0 atom stereocenters. The summed E-state index contributed by atoms with van der Waals surface area (Å²) in [6.45, 7) is 8.89. The Morgan fingerprint density at radius 1 is 0.500 bits per heavy atom. The Balaban J connectivity index is 0.000000246. The first-order valence-corrected chi connectivity index (χ1v) is 23.1. The van der Waals surface area contributed by atoms with E-state index in [0.29, 0.717) is 0 Å². The third kappa shape index (κ3) is 13.2. The molecule has 0 aliphatic carbocycles. The van der Waals surface area contributed by atoms with Gasteiger partial charge in [0.25, 0.3) is 0 Å². The molecule has 6 aromatic carbocycles. The van der Waals surface area contributed by atoms with Gasteiger partial charge in [0, 0.05) is 0 Å². The van der Waals surface area contributed by atoms with Crippen molar-refractivity contribution in [3.05, 3.63) is 132 Å². The first kappa shape index (κ1) is 41.9. The van der Waals surface area contributed by atoms with E-state index in [9.17, 15) is 0 Å². The normalized spacial score (nSPS) is 10.3. The van der Waals surface area contributed by atoms with Gasteiger partial charge in [0.2, 0.25) is 0 Å². The SMILES string of the molecule is CCCCCC[Si](=[Zr+2])CCCCCC.Cc1cc2c(-c3ccccc3)cccc2[cH-]1.Cc1cc2c(-c3ccccc3)cccc2[cH-]1.[Cl-].[Cl-]. The molecule has 0 fully saturated rings. The molecule has 252 valence electrons. The zero-order valence-electron chi connectivity index (χ0n) is 29.4. The maximum Gasteiger partial charge on any atom is -0.0279 e. The van der Waals surface area contributed by atoms with Gasteiger partial charge in [-0.05, 0) is 11.1 Å². The van der Waals surface area contributed by atoms with Crippen molar-refractivity contribution < 1.29 is 48.1 Å². The molecule has 6 aromatic rings. The molecule has 0 nitrogen and oxygen atoms in total. The van der Waals surface area contributed by atoms with Crippen LogP contribution in [0.4, 0.5) is 0 Å². The minimum absolute atomic E-state index is 0. The summed E-state index contributed by atoms with van der Waals surface area (Å²) in [6, 6.07) is 46.3. The second-order valence-electron chi connectivity index (χ2n) is 12.6. The van der Waals surface area contributed by atoms with Crippen LogP contribution < -0.4 is 24.8 Å². The number of rotatable bonds is 12. The van der Waals surface area contributed by atoms with Crippen molar-refractivity contribution in [3.8, 4) is 22.3 Å². The molecule has 0 aliphatic heterocycles. The maximum atomic E-state index is 2.30. The van der Waals surface area contributed by atoms with Gasteiger partial charge in [-0.2, -0.15) is 12.1 Å². The Hall–Kier alpha value is -2.22. The molecule has 0 radical (unpaired) electrons. The summed E-state index contributed by atoms with van der Waals surface area (Å²) in [4.78, 5) is 0. The van der Waals surface area contributed by atoms with Gasteiger partial charge in [-0.1, -0.05) is 97.8 Å². The average Bonchev–Trinajstić information content (AvgIpc) is 3.67. The van der Waals surface area contributed by atoms with Crippen molar-refractivity contribution in [1.82, 2.24) is 0 Å². The Morgan fingerprint density at radius 3 is 1.27 bits per heavy atom. The first-order chi connectivity index (χ1) is 22.5. The van der Waals surface area contributed by atoms with Crippen LogP contribution in [0.1, 0.15) is 76.3 Å². The number of benzene rings is 4. The van der Waals surface area contributed by atoms with E-state index in [0.717, 1.165) is 0 Å². The van der Waals surface area contributed by atoms with Crippen LogP contribution in [0.2, 0.25) is 12.1 Å². The molecule has 48 heavy (non-hydrogen) atoms. The zero-order chi connectivity index (χ0) is 32.6. The maximum absolute atomic E-state index is 2.30. The Kier molecular flexibility index (Phi) is 20.3. The van der Waals surface area contributed by atoms with Crippen molar-refractivity contribution in [2.45, 2.75) is 91.1 Å². The molecule has 0 spiro atoms. The van der Waals surface area contributed by atoms with Gasteiger partial charge in [0.05, 0.1) is 0 Å². The van der Waals surface area contributed by atoms with Crippen LogP contribution in [0.3, 0.4) is 0 Å². The van der Waals surface area contributed by atoms with Crippen molar-refractivity contribution in [1.29, 1.82) is 0 Å². The van der Waals surface area contributed by atoms with Crippen LogP contribution in [-0.4, -0.2) is 5.43 Å². The van der Waals surface area contributed by atoms with E-state index >= 15 is 0 Å². The van der Waals surface area contributed by atoms with Crippen LogP contribution in [0.15, 0.2) is 121 Å². The Labute approximate surface area is 318 Å². The van der Waals surface area contributed by atoms with Gasteiger partial charge in [-0.3, -0.25) is 0 Å². The fourth-order valence-corrected chi connectivity index (χ4v) is 10.4. The van der Waals surface area contributed by atoms with Crippen LogP contribution >= 0.6 is 0 Å². The summed E-state index contributed by atoms with van der Waals surface area (Å²) in [6.07, 6.45) is 11.7. The van der Waals surface area contributed by atoms with Crippen LogP contribution in [0.25, 0.3) is 43.8 Å². The molecule has 6 rings (SSSR count). The first-order valence-electron chi connectivity index (χ1n) is 17.5. The summed E-state index contributed by atoms with van der Waals surface area (Å²) >= 11 is 1.88. The molecule has 0 N–H and O–H groups in total. The monoisotopic (exact) mass is 768 g/mol. The average molecular weight is 771 g/mol. The standard InChI is InChI=1S/2C16H13.C12H26Si.2ClH.Zr/c2*1-12-10-14-8-5-9-15(16(14)11-12)13-6-3-2-4-7-13;1-3-5-7-9-11-13-12-10-8-6-4-2;;;/h2*2-11H,1H3;3-12H2,1-2H3;2*1H;/q2*-1;;;;+2/p-2. The molecule has 0 heterocycles. The molecule has 0 aromatic heterocycles. The van der Waals surface area contributed by atoms with E-state index in [1.807, 2.05) is 23.3 Å². The van der Waals surface area contributed by atoms with Gasteiger partial charge < -0.3 is 24.8 Å². The topological polar surface area (TPSA) is 0 Å². The zero-order valence-corrected chi connectivity index (χ0v) is 34.3. The number of hydrogen-bond donors (Lipinski definition) is 0. The predicted molar refractivity (Wildman–Crippen MR) is 203 cm³/mol. The van der Waals surface area contributed by atoms with E-state index in [1.54, 1.807) is 12.1 Å². The van der Waals surface area contributed by atoms with Gasteiger partial charge in [-0.15, -0.1) is 69.1 Å². The summed E-state index contributed by atoms with van der Waals surface area (Å²) in [5.74, 6) is 0. The number of fused-ring (bicyclic) bond motifs is 2. The van der Waals surface area contributed by atoms with Crippen LogP contribution in [0, 0.1) is 13.8 Å². The fourth-order valence-electron chi connectivity index (χ4n) is 6.16. The Morgan fingerprint density at radius 2 is 0.896 bits per heavy atom. The minimum Gasteiger partial charge on any atom is -1.00 e. The second kappa shape index (κ2) is 23.2. The molecule has 0 bridgehead atoms. The quantitative estimate of drug-likeness (QED) is 0.0679. The third-order valence-corrected chi connectivity index (χ3v) is 14.2. The summed E-state index contributed by atoms with van der Waals surface area (Å²) in [5.41, 5.74) is 8.03. The fraction of sp³-hybridized carbons (Fsp3) is 0.318. The van der Waals surface area contributed by atoms with Crippen molar-refractivity contribution in [3.63, 3.8) is 0 Å². The van der Waals surface area contributed by atoms with Crippen LogP contribution in [-0.2, 0) is 23.3 Å². The summed E-state index contributed by atoms with van der Waals surface area (Å²) in [7, 11) is 0. The van der Waals surface area contributed by atoms with Crippen molar-refractivity contribution in [2.75, 3.05) is 0 Å². The van der Waals surface area contributed by atoms with Crippen molar-refractivity contribution in [2.24, 2.45) is 0 Å².